The van der Waals surface area contributed by atoms with Crippen LogP contribution in [0.1, 0.15) is 24.8 Å². The molecule has 3 rings (SSSR count). The van der Waals surface area contributed by atoms with Crippen LogP contribution < -0.4 is 10.6 Å². The molecule has 1 saturated heterocycles. The number of carbonyl (C=O) groups excluding carboxylic acids is 1. The van der Waals surface area contributed by atoms with E-state index in [0.29, 0.717) is 0 Å². The van der Waals surface area contributed by atoms with Gasteiger partial charge in [-0.2, -0.15) is 13.2 Å². The lowest BCUT2D eigenvalue weighted by atomic mass is 9.92. The van der Waals surface area contributed by atoms with Crippen LogP contribution in [0.3, 0.4) is 0 Å². The molecule has 1 heterocycles. The number of nitrogens with one attached hydrogen (secondary N) is 2. The normalized spacial score (nSPS) is 21.0. The fraction of sp³-hybridized carbons (Fsp3) is 0.588. The van der Waals surface area contributed by atoms with E-state index in [0.717, 1.165) is 62.3 Å². The summed E-state index contributed by atoms with van der Waals surface area (Å²) >= 11 is 0.734. The molecule has 0 bridgehead atoms. The van der Waals surface area contributed by atoms with Gasteiger partial charge in [-0.3, -0.25) is 4.79 Å². The first kappa shape index (κ1) is 22.2. The molecule has 2 N–H and O–H groups in total. The van der Waals surface area contributed by atoms with Gasteiger partial charge >= 0.3 is 6.18 Å². The minimum Gasteiger partial charge on any atom is -0.325 e. The second kappa shape index (κ2) is 8.53. The fourth-order valence-electron chi connectivity index (χ4n) is 3.50. The third-order valence-electron chi connectivity index (χ3n) is 5.04. The zero-order valence-electron chi connectivity index (χ0n) is 14.2. The average Bonchev–Trinajstić information content (AvgIpc) is 3.26. The second-order valence-corrected chi connectivity index (χ2v) is 7.83. The molecule has 1 saturated carbocycles. The second-order valence-electron chi connectivity index (χ2n) is 6.77. The Balaban J connectivity index is 0.00000261. The van der Waals surface area contributed by atoms with Crippen molar-refractivity contribution < 1.29 is 26.7 Å². The Morgan fingerprint density at radius 1 is 1.30 bits per heavy atom. The quantitative estimate of drug-likeness (QED) is 0.520. The molecule has 0 radical (unpaired) electrons. The molecule has 152 valence electrons. The van der Waals surface area contributed by atoms with Gasteiger partial charge in [-0.15, -0.1) is 24.2 Å². The lowest BCUT2D eigenvalue weighted by Crippen LogP contribution is -2.31. The van der Waals surface area contributed by atoms with Crippen molar-refractivity contribution in [2.75, 3.05) is 24.2 Å². The van der Waals surface area contributed by atoms with Crippen molar-refractivity contribution in [1.82, 2.24) is 5.32 Å². The van der Waals surface area contributed by atoms with Crippen molar-refractivity contribution in [2.24, 2.45) is 11.3 Å². The SMILES string of the molecule is Cl.O=C(Nc1cc(C(F)(F)F)ccc1SCC(F)F)C1CC12CCNCC2. The zero-order chi connectivity index (χ0) is 18.9. The van der Waals surface area contributed by atoms with Gasteiger partial charge in [0.1, 0.15) is 0 Å². The van der Waals surface area contributed by atoms with Gasteiger partial charge in [-0.05, 0) is 56.0 Å². The molecule has 2 aliphatic rings. The standard InChI is InChI=1S/C17H19F5N2OS.ClH/c18-14(19)9-26-13-2-1-10(17(20,21)22)7-12(13)24-15(25)11-8-16(11)3-5-23-6-4-16;/h1-2,7,11,14,23H,3-6,8-9H2,(H,24,25);1H. The van der Waals surface area contributed by atoms with Crippen molar-refractivity contribution in [3.63, 3.8) is 0 Å². The number of piperidine rings is 1. The first-order valence-corrected chi connectivity index (χ1v) is 9.34. The molecule has 1 aromatic carbocycles. The van der Waals surface area contributed by atoms with Crippen LogP contribution in [0, 0.1) is 11.3 Å². The third-order valence-corrected chi connectivity index (χ3v) is 6.12. The number of halogens is 6. The Hall–Kier alpha value is -1.06. The van der Waals surface area contributed by atoms with E-state index in [4.69, 9.17) is 0 Å². The van der Waals surface area contributed by atoms with Crippen molar-refractivity contribution in [3.8, 4) is 0 Å². The van der Waals surface area contributed by atoms with Gasteiger partial charge in [-0.25, -0.2) is 8.78 Å². The Bertz CT molecular complexity index is 680. The maximum absolute atomic E-state index is 13.0. The number of anilines is 1. The molecule has 1 aliphatic carbocycles. The van der Waals surface area contributed by atoms with Crippen LogP contribution >= 0.6 is 24.2 Å². The summed E-state index contributed by atoms with van der Waals surface area (Å²) in [6, 6.07) is 2.80. The monoisotopic (exact) mass is 430 g/mol. The Morgan fingerprint density at radius 3 is 2.56 bits per heavy atom. The van der Waals surface area contributed by atoms with Crippen LogP contribution in [-0.2, 0) is 11.0 Å². The first-order valence-electron chi connectivity index (χ1n) is 8.35. The van der Waals surface area contributed by atoms with Crippen LogP contribution in [0.5, 0.6) is 0 Å². The highest BCUT2D eigenvalue weighted by Crippen LogP contribution is 2.59. The Labute approximate surface area is 164 Å². The number of alkyl halides is 5. The van der Waals surface area contributed by atoms with Crippen LogP contribution in [-0.4, -0.2) is 31.2 Å². The van der Waals surface area contributed by atoms with E-state index in [2.05, 4.69) is 10.6 Å². The van der Waals surface area contributed by atoms with Gasteiger partial charge < -0.3 is 10.6 Å². The number of carbonyl (C=O) groups is 1. The molecular weight excluding hydrogens is 411 g/mol. The smallest absolute Gasteiger partial charge is 0.325 e. The number of hydrogen-bond donors (Lipinski definition) is 2. The highest BCUT2D eigenvalue weighted by Gasteiger charge is 2.57. The van der Waals surface area contributed by atoms with Crippen LogP contribution in [0.2, 0.25) is 0 Å². The highest BCUT2D eigenvalue weighted by molar-refractivity contribution is 7.99. The van der Waals surface area contributed by atoms with Gasteiger partial charge in [0, 0.05) is 10.8 Å². The van der Waals surface area contributed by atoms with Crippen LogP contribution in [0.25, 0.3) is 0 Å². The van der Waals surface area contributed by atoms with E-state index in [-0.39, 0.29) is 40.2 Å². The molecule has 0 aromatic heterocycles. The number of thioether (sulfide) groups is 1. The zero-order valence-corrected chi connectivity index (χ0v) is 15.9. The number of amides is 1. The van der Waals surface area contributed by atoms with E-state index < -0.39 is 23.9 Å². The Morgan fingerprint density at radius 2 is 1.96 bits per heavy atom. The molecule has 10 heteroatoms. The summed E-state index contributed by atoms with van der Waals surface area (Å²) in [6.45, 7) is 1.64. The molecule has 3 nitrogen and oxygen atoms in total. The van der Waals surface area contributed by atoms with Crippen molar-refractivity contribution in [2.45, 2.75) is 36.8 Å². The molecule has 1 unspecified atom stereocenters. The van der Waals surface area contributed by atoms with E-state index >= 15 is 0 Å². The average molecular weight is 431 g/mol. The number of rotatable bonds is 5. The third kappa shape index (κ3) is 5.26. The maximum atomic E-state index is 13.0. The lowest BCUT2D eigenvalue weighted by molar-refractivity contribution is -0.137. The van der Waals surface area contributed by atoms with Gasteiger partial charge in [-0.1, -0.05) is 0 Å². The number of hydrogen-bond acceptors (Lipinski definition) is 3. The number of benzene rings is 1. The summed E-state index contributed by atoms with van der Waals surface area (Å²) in [5, 5.41) is 5.77. The van der Waals surface area contributed by atoms with Gasteiger partial charge in [0.15, 0.2) is 0 Å². The maximum Gasteiger partial charge on any atom is 0.416 e. The predicted octanol–water partition coefficient (Wildman–Crippen LogP) is 4.81. The van der Waals surface area contributed by atoms with Gasteiger partial charge in [0.05, 0.1) is 17.0 Å². The summed E-state index contributed by atoms with van der Waals surface area (Å²) in [6.07, 6.45) is -4.71. The summed E-state index contributed by atoms with van der Waals surface area (Å²) < 4.78 is 63.8. The van der Waals surface area contributed by atoms with Crippen molar-refractivity contribution in [3.05, 3.63) is 23.8 Å². The summed E-state index contributed by atoms with van der Waals surface area (Å²) in [5.41, 5.74) is -1.03. The van der Waals surface area contributed by atoms with E-state index in [1.54, 1.807) is 0 Å². The molecule has 1 atom stereocenters. The largest absolute Gasteiger partial charge is 0.416 e. The van der Waals surface area contributed by atoms with E-state index in [9.17, 15) is 26.7 Å². The topological polar surface area (TPSA) is 41.1 Å². The predicted molar refractivity (Wildman–Crippen MR) is 96.7 cm³/mol. The molecule has 1 spiro atoms. The summed E-state index contributed by atoms with van der Waals surface area (Å²) in [4.78, 5) is 12.7. The minimum atomic E-state index is -4.57. The lowest BCUT2D eigenvalue weighted by Gasteiger charge is -2.23. The first-order chi connectivity index (χ1) is 12.2. The van der Waals surface area contributed by atoms with Gasteiger partial charge in [0.25, 0.3) is 0 Å². The summed E-state index contributed by atoms with van der Waals surface area (Å²) in [5.74, 6) is -1.11. The molecule has 2 fully saturated rings. The van der Waals surface area contributed by atoms with Crippen LogP contribution in [0.4, 0.5) is 27.6 Å². The molecule has 1 amide bonds. The molecule has 1 aromatic rings. The van der Waals surface area contributed by atoms with E-state index in [1.807, 2.05) is 0 Å². The summed E-state index contributed by atoms with van der Waals surface area (Å²) in [7, 11) is 0. The molecule has 1 aliphatic heterocycles. The molecule has 27 heavy (non-hydrogen) atoms. The Kier molecular flexibility index (Phi) is 7.02. The van der Waals surface area contributed by atoms with Crippen molar-refractivity contribution >= 4 is 35.8 Å². The van der Waals surface area contributed by atoms with E-state index in [1.165, 1.54) is 0 Å². The van der Waals surface area contributed by atoms with Crippen LogP contribution in [0.15, 0.2) is 23.1 Å². The minimum absolute atomic E-state index is 0. The fourth-order valence-corrected chi connectivity index (χ4v) is 4.23. The highest BCUT2D eigenvalue weighted by atomic mass is 35.5. The van der Waals surface area contributed by atoms with Gasteiger partial charge in [0.2, 0.25) is 12.3 Å². The van der Waals surface area contributed by atoms with Crippen molar-refractivity contribution in [1.29, 1.82) is 0 Å². The molecular formula is C17H20ClF5N2OS.